The van der Waals surface area contributed by atoms with Crippen LogP contribution >= 0.6 is 25.4 Å². The maximum atomic E-state index is 4.96. The highest BCUT2D eigenvalue weighted by molar-refractivity contribution is 9.10. The predicted octanol–water partition coefficient (Wildman–Crippen LogP) is 2.93. The molecule has 0 radical (unpaired) electrons. The van der Waals surface area contributed by atoms with Gasteiger partial charge in [-0.05, 0) is 30.7 Å². The Morgan fingerprint density at radius 2 is 2.10 bits per heavy atom. The highest BCUT2D eigenvalue weighted by atomic mass is 79.9. The first-order valence-electron chi connectivity index (χ1n) is 2.86. The zero-order valence-electron chi connectivity index (χ0n) is 5.60. The summed E-state index contributed by atoms with van der Waals surface area (Å²) in [5.74, 6) is 0.858. The van der Waals surface area contributed by atoms with Crippen LogP contribution in [0.25, 0.3) is 0 Å². The second-order valence-electron chi connectivity index (χ2n) is 2.08. The van der Waals surface area contributed by atoms with Crippen molar-refractivity contribution in [2.75, 3.05) is 0 Å². The molecule has 0 fully saturated rings. The van der Waals surface area contributed by atoms with Gasteiger partial charge in [0.2, 0.25) is 0 Å². The van der Waals surface area contributed by atoms with Crippen molar-refractivity contribution in [3.8, 4) is 5.75 Å². The van der Waals surface area contributed by atoms with Gasteiger partial charge in [-0.15, -0.1) is 0 Å². The molecule has 0 saturated carbocycles. The maximum Gasteiger partial charge on any atom is 0.123 e. The van der Waals surface area contributed by atoms with Gasteiger partial charge >= 0.3 is 0 Å². The standard InChI is InChI=1S/C7H8BrOP/c1-5-2-6(8)4-7(3-5)9-10/h2-4H,10H2,1H3. The third-order valence-electron chi connectivity index (χ3n) is 1.15. The van der Waals surface area contributed by atoms with Gasteiger partial charge in [0.05, 0.1) is 9.47 Å². The van der Waals surface area contributed by atoms with E-state index in [1.807, 2.05) is 25.1 Å². The van der Waals surface area contributed by atoms with Crippen molar-refractivity contribution >= 4 is 25.4 Å². The van der Waals surface area contributed by atoms with Crippen molar-refractivity contribution in [3.05, 3.63) is 28.2 Å². The number of aryl methyl sites for hydroxylation is 1. The summed E-state index contributed by atoms with van der Waals surface area (Å²) >= 11 is 3.36. The van der Waals surface area contributed by atoms with E-state index in [9.17, 15) is 0 Å². The van der Waals surface area contributed by atoms with Crippen molar-refractivity contribution in [2.45, 2.75) is 6.92 Å². The van der Waals surface area contributed by atoms with Crippen molar-refractivity contribution < 1.29 is 4.52 Å². The lowest BCUT2D eigenvalue weighted by molar-refractivity contribution is 0.645. The fraction of sp³-hybridized carbons (Fsp3) is 0.143. The van der Waals surface area contributed by atoms with Crippen molar-refractivity contribution in [3.63, 3.8) is 0 Å². The minimum absolute atomic E-state index is 0.858. The maximum absolute atomic E-state index is 4.96. The lowest BCUT2D eigenvalue weighted by atomic mass is 10.2. The lowest BCUT2D eigenvalue weighted by Crippen LogP contribution is -1.76. The number of rotatable bonds is 1. The van der Waals surface area contributed by atoms with Crippen LogP contribution in [0.5, 0.6) is 5.75 Å². The average Bonchev–Trinajstić information content (AvgIpc) is 1.85. The molecule has 0 N–H and O–H groups in total. The van der Waals surface area contributed by atoms with Crippen LogP contribution < -0.4 is 4.52 Å². The second kappa shape index (κ2) is 3.36. The topological polar surface area (TPSA) is 9.23 Å². The first-order chi connectivity index (χ1) is 4.72. The second-order valence-corrected chi connectivity index (χ2v) is 3.23. The van der Waals surface area contributed by atoms with E-state index in [0.29, 0.717) is 0 Å². The van der Waals surface area contributed by atoms with Crippen LogP contribution in [0, 0.1) is 6.92 Å². The van der Waals surface area contributed by atoms with Gasteiger partial charge in [-0.3, -0.25) is 0 Å². The number of benzene rings is 1. The van der Waals surface area contributed by atoms with Crippen LogP contribution in [-0.2, 0) is 0 Å². The van der Waals surface area contributed by atoms with E-state index in [-0.39, 0.29) is 0 Å². The first-order valence-corrected chi connectivity index (χ1v) is 4.13. The van der Waals surface area contributed by atoms with Gasteiger partial charge < -0.3 is 4.52 Å². The van der Waals surface area contributed by atoms with Crippen LogP contribution in [0.3, 0.4) is 0 Å². The summed E-state index contributed by atoms with van der Waals surface area (Å²) in [6.45, 7) is 2.03. The lowest BCUT2D eigenvalue weighted by Gasteiger charge is -2.00. The third-order valence-corrected chi connectivity index (χ3v) is 1.88. The molecule has 0 saturated heterocycles. The smallest absolute Gasteiger partial charge is 0.123 e. The van der Waals surface area contributed by atoms with Crippen molar-refractivity contribution in [1.29, 1.82) is 0 Å². The van der Waals surface area contributed by atoms with Gasteiger partial charge in [-0.2, -0.15) is 0 Å². The quantitative estimate of drug-likeness (QED) is 0.659. The summed E-state index contributed by atoms with van der Waals surface area (Å²) in [6, 6.07) is 5.92. The van der Waals surface area contributed by atoms with Crippen LogP contribution in [0.1, 0.15) is 5.56 Å². The zero-order valence-corrected chi connectivity index (χ0v) is 8.34. The SMILES string of the molecule is Cc1cc(Br)cc(OP)c1. The highest BCUT2D eigenvalue weighted by Gasteiger charge is 1.93. The molecular formula is C7H8BrOP. The Bertz CT molecular complexity index is 217. The molecule has 1 aromatic rings. The average molecular weight is 219 g/mol. The van der Waals surface area contributed by atoms with Crippen LogP contribution in [0.4, 0.5) is 0 Å². The largest absolute Gasteiger partial charge is 0.480 e. The molecule has 54 valence electrons. The molecule has 0 spiro atoms. The minimum Gasteiger partial charge on any atom is -0.480 e. The normalized spacial score (nSPS) is 9.50. The van der Waals surface area contributed by atoms with E-state index in [1.165, 1.54) is 5.56 Å². The Kier molecular flexibility index (Phi) is 2.70. The highest BCUT2D eigenvalue weighted by Crippen LogP contribution is 2.21. The van der Waals surface area contributed by atoms with E-state index in [1.54, 1.807) is 0 Å². The Morgan fingerprint density at radius 1 is 1.40 bits per heavy atom. The number of hydrogen-bond donors (Lipinski definition) is 0. The molecule has 1 rings (SSSR count). The van der Waals surface area contributed by atoms with Crippen LogP contribution in [0.15, 0.2) is 22.7 Å². The molecule has 0 aromatic heterocycles. The Hall–Kier alpha value is -0.0700. The Morgan fingerprint density at radius 3 is 2.60 bits per heavy atom. The molecule has 0 aliphatic heterocycles. The first kappa shape index (κ1) is 8.03. The van der Waals surface area contributed by atoms with Crippen LogP contribution in [-0.4, -0.2) is 0 Å². The number of halogens is 1. The van der Waals surface area contributed by atoms with Crippen molar-refractivity contribution in [1.82, 2.24) is 0 Å². The van der Waals surface area contributed by atoms with Gasteiger partial charge in [-0.1, -0.05) is 15.9 Å². The summed E-state index contributed by atoms with van der Waals surface area (Å²) in [6.07, 6.45) is 0. The Balaban J connectivity index is 3.06. The molecular weight excluding hydrogens is 211 g/mol. The van der Waals surface area contributed by atoms with E-state index < -0.39 is 0 Å². The van der Waals surface area contributed by atoms with Gasteiger partial charge in [-0.25, -0.2) is 0 Å². The fourth-order valence-electron chi connectivity index (χ4n) is 0.771. The summed E-state index contributed by atoms with van der Waals surface area (Å²) in [7, 11) is 2.22. The Labute approximate surface area is 71.2 Å². The monoisotopic (exact) mass is 218 g/mol. The van der Waals surface area contributed by atoms with Gasteiger partial charge in [0.25, 0.3) is 0 Å². The molecule has 1 nitrogen and oxygen atoms in total. The summed E-state index contributed by atoms with van der Waals surface area (Å²) in [5, 5.41) is 0. The molecule has 0 aliphatic rings. The summed E-state index contributed by atoms with van der Waals surface area (Å²) < 4.78 is 6.01. The number of hydrogen-bond acceptors (Lipinski definition) is 1. The molecule has 3 heteroatoms. The third kappa shape index (κ3) is 1.96. The molecule has 0 bridgehead atoms. The van der Waals surface area contributed by atoms with Gasteiger partial charge in [0.1, 0.15) is 5.75 Å². The minimum atomic E-state index is 0.858. The van der Waals surface area contributed by atoms with E-state index in [2.05, 4.69) is 25.4 Å². The van der Waals surface area contributed by atoms with E-state index in [4.69, 9.17) is 4.52 Å². The molecule has 0 heterocycles. The fourth-order valence-corrected chi connectivity index (χ4v) is 1.49. The molecule has 0 aliphatic carbocycles. The molecule has 1 aromatic carbocycles. The van der Waals surface area contributed by atoms with E-state index in [0.717, 1.165) is 10.2 Å². The predicted molar refractivity (Wildman–Crippen MR) is 49.2 cm³/mol. The molecule has 0 amide bonds. The van der Waals surface area contributed by atoms with E-state index >= 15 is 0 Å². The molecule has 10 heavy (non-hydrogen) atoms. The van der Waals surface area contributed by atoms with Crippen molar-refractivity contribution in [2.24, 2.45) is 0 Å². The molecule has 1 atom stereocenters. The van der Waals surface area contributed by atoms with Crippen LogP contribution in [0.2, 0.25) is 0 Å². The zero-order chi connectivity index (χ0) is 7.56. The summed E-state index contributed by atoms with van der Waals surface area (Å²) in [4.78, 5) is 0. The summed E-state index contributed by atoms with van der Waals surface area (Å²) in [5.41, 5.74) is 1.19. The van der Waals surface area contributed by atoms with Gasteiger partial charge in [0, 0.05) is 4.47 Å². The molecule has 1 unspecified atom stereocenters. The van der Waals surface area contributed by atoms with Gasteiger partial charge in [0.15, 0.2) is 0 Å².